The quantitative estimate of drug-likeness (QED) is 0.672. The molecule has 2 heterocycles. The molecular formula is C12H12N4. The van der Waals surface area contributed by atoms with Gasteiger partial charge in [-0.2, -0.15) is 5.10 Å². The molecule has 0 amide bonds. The Morgan fingerprint density at radius 2 is 2.12 bits per heavy atom. The lowest BCUT2D eigenvalue weighted by Gasteiger charge is -1.90. The normalized spacial score (nSPS) is 11.1. The van der Waals surface area contributed by atoms with Crippen molar-refractivity contribution in [1.82, 2.24) is 19.7 Å². The van der Waals surface area contributed by atoms with Crippen LogP contribution in [0.4, 0.5) is 0 Å². The first-order valence-corrected chi connectivity index (χ1v) is 5.19. The summed E-state index contributed by atoms with van der Waals surface area (Å²) in [5.41, 5.74) is 4.12. The van der Waals surface area contributed by atoms with Crippen LogP contribution >= 0.6 is 0 Å². The molecule has 0 saturated carbocycles. The highest BCUT2D eigenvalue weighted by Gasteiger charge is 2.08. The van der Waals surface area contributed by atoms with E-state index in [4.69, 9.17) is 0 Å². The highest BCUT2D eigenvalue weighted by atomic mass is 15.3. The molecule has 0 aliphatic carbocycles. The van der Waals surface area contributed by atoms with Gasteiger partial charge in [-0.15, -0.1) is 0 Å². The molecule has 0 fully saturated rings. The first-order chi connectivity index (χ1) is 7.74. The summed E-state index contributed by atoms with van der Waals surface area (Å²) in [6.45, 7) is 2.06. The maximum atomic E-state index is 4.56. The number of aromatic nitrogens is 4. The van der Waals surface area contributed by atoms with Crippen molar-refractivity contribution in [3.63, 3.8) is 0 Å². The maximum Gasteiger partial charge on any atom is 0.159 e. The van der Waals surface area contributed by atoms with Crippen LogP contribution in [0.3, 0.4) is 0 Å². The third-order valence-corrected chi connectivity index (χ3v) is 2.67. The molecule has 1 aromatic carbocycles. The molecule has 80 valence electrons. The van der Waals surface area contributed by atoms with Crippen LogP contribution in [0.2, 0.25) is 0 Å². The van der Waals surface area contributed by atoms with E-state index in [0.29, 0.717) is 0 Å². The number of fused-ring (bicyclic) bond motifs is 1. The van der Waals surface area contributed by atoms with Gasteiger partial charge in [0.15, 0.2) is 5.82 Å². The summed E-state index contributed by atoms with van der Waals surface area (Å²) in [4.78, 5) is 7.84. The van der Waals surface area contributed by atoms with Crippen LogP contribution in [0.1, 0.15) is 5.56 Å². The zero-order valence-corrected chi connectivity index (χ0v) is 9.23. The molecule has 0 aliphatic heterocycles. The molecule has 0 unspecified atom stereocenters. The van der Waals surface area contributed by atoms with Gasteiger partial charge >= 0.3 is 0 Å². The third kappa shape index (κ3) is 1.31. The SMILES string of the molecule is Cc1cccc2[nH]c(-c3ccn(C)n3)nc12. The van der Waals surface area contributed by atoms with Crippen LogP contribution in [0.25, 0.3) is 22.6 Å². The van der Waals surface area contributed by atoms with E-state index in [1.54, 1.807) is 4.68 Å². The van der Waals surface area contributed by atoms with Crippen molar-refractivity contribution in [3.8, 4) is 11.5 Å². The molecule has 3 aromatic rings. The minimum absolute atomic E-state index is 0.824. The molecule has 4 heteroatoms. The van der Waals surface area contributed by atoms with E-state index in [2.05, 4.69) is 28.1 Å². The molecule has 4 nitrogen and oxygen atoms in total. The Labute approximate surface area is 92.9 Å². The topological polar surface area (TPSA) is 46.5 Å². The second-order valence-corrected chi connectivity index (χ2v) is 3.93. The average Bonchev–Trinajstić information content (AvgIpc) is 2.84. The van der Waals surface area contributed by atoms with Gasteiger partial charge < -0.3 is 4.98 Å². The minimum Gasteiger partial charge on any atom is -0.337 e. The maximum absolute atomic E-state index is 4.56. The molecule has 16 heavy (non-hydrogen) atoms. The lowest BCUT2D eigenvalue weighted by atomic mass is 10.2. The number of imidazole rings is 1. The molecule has 0 saturated heterocycles. The first kappa shape index (κ1) is 9.15. The highest BCUT2D eigenvalue weighted by Crippen LogP contribution is 2.20. The van der Waals surface area contributed by atoms with Gasteiger partial charge in [-0.3, -0.25) is 4.68 Å². The van der Waals surface area contributed by atoms with Gasteiger partial charge in [-0.05, 0) is 24.6 Å². The number of nitrogens with one attached hydrogen (secondary N) is 1. The van der Waals surface area contributed by atoms with Crippen molar-refractivity contribution < 1.29 is 0 Å². The Balaban J connectivity index is 2.22. The summed E-state index contributed by atoms with van der Waals surface area (Å²) in [5, 5.41) is 4.33. The summed E-state index contributed by atoms with van der Waals surface area (Å²) in [6, 6.07) is 8.07. The fourth-order valence-corrected chi connectivity index (χ4v) is 1.84. The van der Waals surface area contributed by atoms with Crippen molar-refractivity contribution in [3.05, 3.63) is 36.0 Å². The second kappa shape index (κ2) is 3.20. The summed E-state index contributed by atoms with van der Waals surface area (Å²) in [6.07, 6.45) is 1.91. The van der Waals surface area contributed by atoms with Crippen molar-refractivity contribution in [2.45, 2.75) is 6.92 Å². The standard InChI is InChI=1S/C12H12N4/c1-8-4-3-5-9-11(8)14-12(13-9)10-6-7-16(2)15-10/h3-7H,1-2H3,(H,13,14). The largest absolute Gasteiger partial charge is 0.337 e. The van der Waals surface area contributed by atoms with E-state index >= 15 is 0 Å². The molecule has 0 bridgehead atoms. The van der Waals surface area contributed by atoms with E-state index < -0.39 is 0 Å². The van der Waals surface area contributed by atoms with Gasteiger partial charge in [0.2, 0.25) is 0 Å². The summed E-state index contributed by atoms with van der Waals surface area (Å²) in [5.74, 6) is 0.824. The molecule has 1 N–H and O–H groups in total. The lowest BCUT2D eigenvalue weighted by molar-refractivity contribution is 0.769. The fourth-order valence-electron chi connectivity index (χ4n) is 1.84. The van der Waals surface area contributed by atoms with Gasteiger partial charge in [-0.1, -0.05) is 12.1 Å². The smallest absolute Gasteiger partial charge is 0.159 e. The average molecular weight is 212 g/mol. The second-order valence-electron chi connectivity index (χ2n) is 3.93. The molecular weight excluding hydrogens is 200 g/mol. The first-order valence-electron chi connectivity index (χ1n) is 5.19. The molecule has 3 rings (SSSR count). The third-order valence-electron chi connectivity index (χ3n) is 2.67. The van der Waals surface area contributed by atoms with Gasteiger partial charge in [0.05, 0.1) is 11.0 Å². The van der Waals surface area contributed by atoms with Gasteiger partial charge in [0.1, 0.15) is 5.69 Å². The van der Waals surface area contributed by atoms with Gasteiger partial charge in [0, 0.05) is 13.2 Å². The summed E-state index contributed by atoms with van der Waals surface area (Å²) >= 11 is 0. The molecule has 0 atom stereocenters. The van der Waals surface area contributed by atoms with Crippen LogP contribution < -0.4 is 0 Å². The van der Waals surface area contributed by atoms with Crippen LogP contribution in [-0.2, 0) is 7.05 Å². The van der Waals surface area contributed by atoms with E-state index in [-0.39, 0.29) is 0 Å². The molecule has 0 aliphatic rings. The number of para-hydroxylation sites is 1. The van der Waals surface area contributed by atoms with Crippen molar-refractivity contribution >= 4 is 11.0 Å². The Morgan fingerprint density at radius 3 is 2.81 bits per heavy atom. The Hall–Kier alpha value is -2.10. The van der Waals surface area contributed by atoms with Gasteiger partial charge in [0.25, 0.3) is 0 Å². The minimum atomic E-state index is 0.824. The Morgan fingerprint density at radius 1 is 1.25 bits per heavy atom. The van der Waals surface area contributed by atoms with E-state index in [1.807, 2.05) is 31.4 Å². The van der Waals surface area contributed by atoms with Crippen LogP contribution in [0.5, 0.6) is 0 Å². The molecule has 0 radical (unpaired) electrons. The van der Waals surface area contributed by atoms with Crippen LogP contribution in [-0.4, -0.2) is 19.7 Å². The molecule has 2 aromatic heterocycles. The van der Waals surface area contributed by atoms with Crippen molar-refractivity contribution in [2.24, 2.45) is 7.05 Å². The number of H-pyrrole nitrogens is 1. The van der Waals surface area contributed by atoms with Crippen LogP contribution in [0, 0.1) is 6.92 Å². The Bertz CT molecular complexity index is 648. The number of hydrogen-bond donors (Lipinski definition) is 1. The Kier molecular flexibility index (Phi) is 1.83. The zero-order chi connectivity index (χ0) is 11.1. The number of nitrogens with zero attached hydrogens (tertiary/aromatic N) is 3. The van der Waals surface area contributed by atoms with Gasteiger partial charge in [-0.25, -0.2) is 4.98 Å². The van der Waals surface area contributed by atoms with E-state index in [1.165, 1.54) is 5.56 Å². The van der Waals surface area contributed by atoms with E-state index in [9.17, 15) is 0 Å². The monoisotopic (exact) mass is 212 g/mol. The highest BCUT2D eigenvalue weighted by molar-refractivity contribution is 5.81. The molecule has 0 spiro atoms. The summed E-state index contributed by atoms with van der Waals surface area (Å²) in [7, 11) is 1.90. The number of rotatable bonds is 1. The lowest BCUT2D eigenvalue weighted by Crippen LogP contribution is -1.88. The fraction of sp³-hybridized carbons (Fsp3) is 0.167. The van der Waals surface area contributed by atoms with E-state index in [0.717, 1.165) is 22.6 Å². The van der Waals surface area contributed by atoms with Crippen molar-refractivity contribution in [1.29, 1.82) is 0 Å². The number of benzene rings is 1. The number of aromatic amines is 1. The van der Waals surface area contributed by atoms with Crippen LogP contribution in [0.15, 0.2) is 30.5 Å². The number of aryl methyl sites for hydroxylation is 2. The summed E-state index contributed by atoms with van der Waals surface area (Å²) < 4.78 is 1.77. The number of hydrogen-bond acceptors (Lipinski definition) is 2. The predicted octanol–water partition coefficient (Wildman–Crippen LogP) is 2.27. The zero-order valence-electron chi connectivity index (χ0n) is 9.23. The predicted molar refractivity (Wildman–Crippen MR) is 63.0 cm³/mol. The van der Waals surface area contributed by atoms with Crippen molar-refractivity contribution in [2.75, 3.05) is 0 Å².